The van der Waals surface area contributed by atoms with Gasteiger partial charge in [0.15, 0.2) is 0 Å². The van der Waals surface area contributed by atoms with E-state index in [9.17, 15) is 0 Å². The van der Waals surface area contributed by atoms with Gasteiger partial charge in [-0.15, -0.1) is 13.3 Å². The van der Waals surface area contributed by atoms with Gasteiger partial charge in [0.25, 0.3) is 0 Å². The SMILES string of the molecule is CC1=CC[C-]=C1.[Zr]. The van der Waals surface area contributed by atoms with E-state index in [1.807, 2.05) is 6.08 Å². The van der Waals surface area contributed by atoms with Crippen molar-refractivity contribution in [2.75, 3.05) is 0 Å². The molecular formula is C6H7Zr-. The molecule has 36 valence electrons. The predicted molar refractivity (Wildman–Crippen MR) is 26.2 cm³/mol. The van der Waals surface area contributed by atoms with Crippen molar-refractivity contribution in [3.05, 3.63) is 23.8 Å². The van der Waals surface area contributed by atoms with Gasteiger partial charge in [0.2, 0.25) is 0 Å². The van der Waals surface area contributed by atoms with Gasteiger partial charge >= 0.3 is 0 Å². The molecular weight excluding hydrogens is 163 g/mol. The Balaban J connectivity index is 0.000000360. The van der Waals surface area contributed by atoms with Gasteiger partial charge in [0.05, 0.1) is 0 Å². The Kier molecular flexibility index (Phi) is 3.55. The molecule has 0 saturated carbocycles. The number of hydrogen-bond donors (Lipinski definition) is 0. The number of rotatable bonds is 0. The summed E-state index contributed by atoms with van der Waals surface area (Å²) >= 11 is 0. The Bertz CT molecular complexity index is 98.0. The minimum Gasteiger partial charge on any atom is -0.273 e. The average molecular weight is 170 g/mol. The number of allylic oxidation sites excluding steroid dienone is 4. The fourth-order valence-corrected chi connectivity index (χ4v) is 0.499. The Morgan fingerprint density at radius 3 is 2.57 bits per heavy atom. The minimum atomic E-state index is 0. The van der Waals surface area contributed by atoms with Crippen molar-refractivity contribution in [3.63, 3.8) is 0 Å². The van der Waals surface area contributed by atoms with E-state index >= 15 is 0 Å². The van der Waals surface area contributed by atoms with Crippen LogP contribution in [0.25, 0.3) is 0 Å². The smallest absolute Gasteiger partial charge is 0 e. The summed E-state index contributed by atoms with van der Waals surface area (Å²) in [5.74, 6) is 0. The van der Waals surface area contributed by atoms with Crippen molar-refractivity contribution < 1.29 is 26.2 Å². The number of hydrogen-bond acceptors (Lipinski definition) is 0. The molecule has 0 nitrogen and oxygen atoms in total. The third-order valence-corrected chi connectivity index (χ3v) is 0.872. The van der Waals surface area contributed by atoms with Crippen LogP contribution < -0.4 is 0 Å². The first kappa shape index (κ1) is 7.36. The van der Waals surface area contributed by atoms with Crippen molar-refractivity contribution >= 4 is 0 Å². The maximum absolute atomic E-state index is 3.05. The van der Waals surface area contributed by atoms with Crippen molar-refractivity contribution in [1.82, 2.24) is 0 Å². The first-order valence-corrected chi connectivity index (χ1v) is 2.13. The monoisotopic (exact) mass is 169 g/mol. The van der Waals surface area contributed by atoms with Crippen LogP contribution in [0.4, 0.5) is 0 Å². The normalized spacial score (nSPS) is 15.9. The molecule has 7 heavy (non-hydrogen) atoms. The third kappa shape index (κ3) is 2.23. The van der Waals surface area contributed by atoms with Gasteiger partial charge in [-0.05, 0) is 0 Å². The molecule has 0 N–H and O–H groups in total. The van der Waals surface area contributed by atoms with Gasteiger partial charge in [-0.25, -0.2) is 11.6 Å². The fraction of sp³-hybridized carbons (Fsp3) is 0.333. The molecule has 0 spiro atoms. The van der Waals surface area contributed by atoms with Crippen LogP contribution in [0.15, 0.2) is 17.7 Å². The van der Waals surface area contributed by atoms with E-state index in [1.54, 1.807) is 0 Å². The zero-order valence-corrected chi connectivity index (χ0v) is 6.82. The molecule has 0 aromatic rings. The van der Waals surface area contributed by atoms with Gasteiger partial charge in [-0.2, -0.15) is 6.08 Å². The molecule has 1 aliphatic rings. The summed E-state index contributed by atoms with van der Waals surface area (Å²) in [6, 6.07) is 0. The fourth-order valence-electron chi connectivity index (χ4n) is 0.499. The van der Waals surface area contributed by atoms with E-state index in [4.69, 9.17) is 0 Å². The van der Waals surface area contributed by atoms with Crippen molar-refractivity contribution in [2.45, 2.75) is 13.3 Å². The summed E-state index contributed by atoms with van der Waals surface area (Å²) in [5.41, 5.74) is 1.34. The zero-order chi connectivity index (χ0) is 4.41. The van der Waals surface area contributed by atoms with E-state index in [-0.39, 0.29) is 26.2 Å². The molecule has 0 atom stereocenters. The molecule has 0 aliphatic heterocycles. The largest absolute Gasteiger partial charge is 0.273 e. The molecule has 0 aromatic carbocycles. The van der Waals surface area contributed by atoms with E-state index in [2.05, 4.69) is 19.1 Å². The second-order valence-corrected chi connectivity index (χ2v) is 1.50. The summed E-state index contributed by atoms with van der Waals surface area (Å²) in [6.45, 7) is 2.08. The van der Waals surface area contributed by atoms with Crippen LogP contribution in [-0.4, -0.2) is 0 Å². The molecule has 0 radical (unpaired) electrons. The van der Waals surface area contributed by atoms with E-state index in [0.717, 1.165) is 6.42 Å². The minimum absolute atomic E-state index is 0. The zero-order valence-electron chi connectivity index (χ0n) is 4.36. The molecule has 1 aliphatic carbocycles. The van der Waals surface area contributed by atoms with E-state index in [1.165, 1.54) is 5.57 Å². The van der Waals surface area contributed by atoms with Crippen molar-refractivity contribution in [2.24, 2.45) is 0 Å². The average Bonchev–Trinajstić information content (AvgIpc) is 1.86. The molecule has 0 saturated heterocycles. The van der Waals surface area contributed by atoms with Crippen LogP contribution in [0.3, 0.4) is 0 Å². The second-order valence-electron chi connectivity index (χ2n) is 1.50. The van der Waals surface area contributed by atoms with E-state index in [0.29, 0.717) is 0 Å². The Hall–Kier alpha value is 0.363. The second kappa shape index (κ2) is 3.38. The molecule has 0 heterocycles. The molecule has 0 amide bonds. The van der Waals surface area contributed by atoms with Gasteiger partial charge < -0.3 is 0 Å². The quantitative estimate of drug-likeness (QED) is 0.485. The molecule has 0 unspecified atom stereocenters. The Morgan fingerprint density at radius 2 is 2.43 bits per heavy atom. The summed E-state index contributed by atoms with van der Waals surface area (Å²) in [7, 11) is 0. The molecule has 0 aromatic heterocycles. The van der Waals surface area contributed by atoms with Gasteiger partial charge in [0, 0.05) is 26.2 Å². The molecule has 1 rings (SSSR count). The van der Waals surface area contributed by atoms with Gasteiger partial charge in [-0.3, -0.25) is 6.08 Å². The Labute approximate surface area is 63.4 Å². The standard InChI is InChI=1S/C6H7.Zr/c1-6-4-2-3-5-6;/h4-5H,2H2,1H3;/q-1;. The van der Waals surface area contributed by atoms with Crippen LogP contribution in [0, 0.1) is 6.08 Å². The topological polar surface area (TPSA) is 0 Å². The maximum Gasteiger partial charge on any atom is 0 e. The summed E-state index contributed by atoms with van der Waals surface area (Å²) < 4.78 is 0. The molecule has 0 bridgehead atoms. The van der Waals surface area contributed by atoms with Crippen LogP contribution in [-0.2, 0) is 26.2 Å². The van der Waals surface area contributed by atoms with Crippen LogP contribution in [0.1, 0.15) is 13.3 Å². The van der Waals surface area contributed by atoms with E-state index < -0.39 is 0 Å². The third-order valence-electron chi connectivity index (χ3n) is 0.872. The predicted octanol–water partition coefficient (Wildman–Crippen LogP) is 1.69. The maximum atomic E-state index is 3.05. The Morgan fingerprint density at radius 1 is 1.71 bits per heavy atom. The summed E-state index contributed by atoms with van der Waals surface area (Å²) in [6.07, 6.45) is 8.24. The van der Waals surface area contributed by atoms with Crippen LogP contribution in [0.5, 0.6) is 0 Å². The van der Waals surface area contributed by atoms with Gasteiger partial charge in [-0.1, -0.05) is 0 Å². The molecule has 0 fully saturated rings. The first-order valence-electron chi connectivity index (χ1n) is 2.13. The summed E-state index contributed by atoms with van der Waals surface area (Å²) in [4.78, 5) is 0. The van der Waals surface area contributed by atoms with Crippen LogP contribution in [0.2, 0.25) is 0 Å². The summed E-state index contributed by atoms with van der Waals surface area (Å²) in [5, 5.41) is 0. The first-order chi connectivity index (χ1) is 2.89. The van der Waals surface area contributed by atoms with Gasteiger partial charge in [0.1, 0.15) is 0 Å². The van der Waals surface area contributed by atoms with Crippen molar-refractivity contribution in [3.8, 4) is 0 Å². The molecule has 1 heteroatoms. The van der Waals surface area contributed by atoms with Crippen molar-refractivity contribution in [1.29, 1.82) is 0 Å². The van der Waals surface area contributed by atoms with Crippen LogP contribution >= 0.6 is 0 Å².